The number of carbonyl (C=O) groups is 3. The van der Waals surface area contributed by atoms with E-state index in [4.69, 9.17) is 0 Å². The van der Waals surface area contributed by atoms with E-state index in [1.807, 2.05) is 79.7 Å². The smallest absolute Gasteiger partial charge is 0.272 e. The molecule has 0 aliphatic heterocycles. The van der Waals surface area contributed by atoms with Gasteiger partial charge >= 0.3 is 0 Å². The Labute approximate surface area is 258 Å². The minimum Gasteiger partial charge on any atom is -0.321 e. The van der Waals surface area contributed by atoms with Crippen molar-refractivity contribution in [2.75, 3.05) is 10.6 Å². The van der Waals surface area contributed by atoms with Crippen molar-refractivity contribution >= 4 is 57.7 Å². The third-order valence-electron chi connectivity index (χ3n) is 6.37. The Hall–Kier alpha value is -4.99. The molecule has 0 bridgehead atoms. The van der Waals surface area contributed by atoms with Crippen molar-refractivity contribution < 1.29 is 14.4 Å². The van der Waals surface area contributed by atoms with Crippen LogP contribution in [-0.4, -0.2) is 22.7 Å². The Morgan fingerprint density at radius 2 is 1.56 bits per heavy atom. The summed E-state index contributed by atoms with van der Waals surface area (Å²) in [7, 11) is 0. The van der Waals surface area contributed by atoms with Gasteiger partial charge in [0.1, 0.15) is 10.9 Å². The molecule has 0 spiro atoms. The molecule has 43 heavy (non-hydrogen) atoms. The SMILES string of the molecule is Cc1ccccc1/C=C(\NC(=O)c1ccccc1)C(=O)Nc1cccc(SC(C(=O)Nc2nccs2)c2ccccc2)c1. The maximum absolute atomic E-state index is 13.6. The number of aromatic nitrogens is 1. The summed E-state index contributed by atoms with van der Waals surface area (Å²) < 4.78 is 0. The first-order chi connectivity index (χ1) is 21.0. The average Bonchev–Trinajstić information content (AvgIpc) is 3.54. The van der Waals surface area contributed by atoms with Gasteiger partial charge in [0, 0.05) is 27.7 Å². The van der Waals surface area contributed by atoms with Crippen LogP contribution in [0.1, 0.15) is 32.3 Å². The highest BCUT2D eigenvalue weighted by molar-refractivity contribution is 8.00. The van der Waals surface area contributed by atoms with Gasteiger partial charge < -0.3 is 16.0 Å². The van der Waals surface area contributed by atoms with Gasteiger partial charge in [-0.2, -0.15) is 0 Å². The first kappa shape index (κ1) is 29.5. The Morgan fingerprint density at radius 3 is 2.28 bits per heavy atom. The largest absolute Gasteiger partial charge is 0.321 e. The summed E-state index contributed by atoms with van der Waals surface area (Å²) in [5, 5.41) is 10.4. The zero-order chi connectivity index (χ0) is 30.0. The number of benzene rings is 4. The molecule has 1 atom stereocenters. The molecular formula is C34H28N4O3S2. The molecule has 5 rings (SSSR count). The predicted molar refractivity (Wildman–Crippen MR) is 174 cm³/mol. The topological polar surface area (TPSA) is 100 Å². The fourth-order valence-corrected chi connectivity index (χ4v) is 5.80. The summed E-state index contributed by atoms with van der Waals surface area (Å²) in [4.78, 5) is 44.8. The second-order valence-corrected chi connectivity index (χ2v) is 11.5. The molecule has 0 fully saturated rings. The van der Waals surface area contributed by atoms with Gasteiger partial charge in [-0.1, -0.05) is 78.9 Å². The van der Waals surface area contributed by atoms with E-state index in [0.717, 1.165) is 21.6 Å². The molecule has 0 aliphatic carbocycles. The Balaban J connectivity index is 1.38. The van der Waals surface area contributed by atoms with Crippen molar-refractivity contribution in [3.05, 3.63) is 149 Å². The summed E-state index contributed by atoms with van der Waals surface area (Å²) >= 11 is 2.71. The fraction of sp³-hybridized carbons (Fsp3) is 0.0588. The number of nitrogens with one attached hydrogen (secondary N) is 3. The van der Waals surface area contributed by atoms with Gasteiger partial charge in [0.2, 0.25) is 5.91 Å². The van der Waals surface area contributed by atoms with Crippen molar-refractivity contribution in [1.82, 2.24) is 10.3 Å². The minimum atomic E-state index is -0.558. The van der Waals surface area contributed by atoms with Gasteiger partial charge in [0.15, 0.2) is 5.13 Å². The lowest BCUT2D eigenvalue weighted by Crippen LogP contribution is -2.30. The molecular weight excluding hydrogens is 577 g/mol. The number of hydrogen-bond donors (Lipinski definition) is 3. The zero-order valence-electron chi connectivity index (χ0n) is 23.2. The van der Waals surface area contributed by atoms with E-state index in [9.17, 15) is 14.4 Å². The monoisotopic (exact) mass is 604 g/mol. The molecule has 4 aromatic carbocycles. The molecule has 1 heterocycles. The van der Waals surface area contributed by atoms with Gasteiger partial charge in [-0.05, 0) is 60.0 Å². The van der Waals surface area contributed by atoms with Crippen LogP contribution >= 0.6 is 23.1 Å². The van der Waals surface area contributed by atoms with E-state index in [-0.39, 0.29) is 11.6 Å². The van der Waals surface area contributed by atoms with Crippen LogP contribution in [0.5, 0.6) is 0 Å². The van der Waals surface area contributed by atoms with E-state index in [1.54, 1.807) is 54.1 Å². The van der Waals surface area contributed by atoms with Gasteiger partial charge in [0.25, 0.3) is 11.8 Å². The van der Waals surface area contributed by atoms with Crippen molar-refractivity contribution in [3.8, 4) is 0 Å². The van der Waals surface area contributed by atoms with Gasteiger partial charge in [-0.25, -0.2) is 4.98 Å². The fourth-order valence-electron chi connectivity index (χ4n) is 4.19. The van der Waals surface area contributed by atoms with Gasteiger partial charge in [-0.15, -0.1) is 23.1 Å². The number of nitrogens with zero attached hydrogens (tertiary/aromatic N) is 1. The number of thiazole rings is 1. The van der Waals surface area contributed by atoms with E-state index >= 15 is 0 Å². The zero-order valence-corrected chi connectivity index (χ0v) is 24.8. The third-order valence-corrected chi connectivity index (χ3v) is 8.30. The van der Waals surface area contributed by atoms with Crippen LogP contribution in [0.2, 0.25) is 0 Å². The molecule has 5 aromatic rings. The molecule has 214 valence electrons. The first-order valence-electron chi connectivity index (χ1n) is 13.4. The standard InChI is InChI=1S/C34H28N4O3S2/c1-23-11-8-9-16-26(23)21-29(37-31(39)25-14-6-3-7-15-25)32(40)36-27-17-10-18-28(22-27)43-30(24-12-4-2-5-13-24)33(41)38-34-35-19-20-42-34/h2-22,30H,1H3,(H,36,40)(H,37,39)(H,35,38,41)/b29-21-. The minimum absolute atomic E-state index is 0.103. The third kappa shape index (κ3) is 8.06. The van der Waals surface area contributed by atoms with Gasteiger partial charge in [0.05, 0.1) is 0 Å². The molecule has 1 unspecified atom stereocenters. The van der Waals surface area contributed by atoms with Crippen LogP contribution in [0.4, 0.5) is 10.8 Å². The van der Waals surface area contributed by atoms with Crippen LogP contribution in [-0.2, 0) is 9.59 Å². The molecule has 3 N–H and O–H groups in total. The lowest BCUT2D eigenvalue weighted by atomic mass is 10.1. The molecule has 0 saturated carbocycles. The van der Waals surface area contributed by atoms with E-state index in [1.165, 1.54) is 23.1 Å². The van der Waals surface area contributed by atoms with E-state index < -0.39 is 17.1 Å². The van der Waals surface area contributed by atoms with Crippen LogP contribution in [0.15, 0.2) is 131 Å². The van der Waals surface area contributed by atoms with E-state index in [2.05, 4.69) is 20.9 Å². The summed E-state index contributed by atoms with van der Waals surface area (Å²) in [6.45, 7) is 1.94. The lowest BCUT2D eigenvalue weighted by molar-refractivity contribution is -0.116. The molecule has 3 amide bonds. The molecule has 9 heteroatoms. The Bertz CT molecular complexity index is 1740. The molecule has 0 saturated heterocycles. The Morgan fingerprint density at radius 1 is 0.837 bits per heavy atom. The number of rotatable bonds is 10. The van der Waals surface area contributed by atoms with E-state index in [0.29, 0.717) is 16.4 Å². The maximum Gasteiger partial charge on any atom is 0.272 e. The van der Waals surface area contributed by atoms with Crippen molar-refractivity contribution in [1.29, 1.82) is 0 Å². The van der Waals surface area contributed by atoms with Crippen LogP contribution in [0, 0.1) is 6.92 Å². The summed E-state index contributed by atoms with van der Waals surface area (Å²) in [5.74, 6) is -1.07. The number of amides is 3. The van der Waals surface area contributed by atoms with Crippen molar-refractivity contribution in [2.45, 2.75) is 17.1 Å². The number of carbonyl (C=O) groups excluding carboxylic acids is 3. The van der Waals surface area contributed by atoms with Crippen LogP contribution in [0.25, 0.3) is 6.08 Å². The molecule has 7 nitrogen and oxygen atoms in total. The van der Waals surface area contributed by atoms with Crippen LogP contribution in [0.3, 0.4) is 0 Å². The maximum atomic E-state index is 13.6. The summed E-state index contributed by atoms with van der Waals surface area (Å²) in [6, 6.07) is 33.1. The van der Waals surface area contributed by atoms with Gasteiger partial charge in [-0.3, -0.25) is 14.4 Å². The van der Waals surface area contributed by atoms with Crippen LogP contribution < -0.4 is 16.0 Å². The first-order valence-corrected chi connectivity index (χ1v) is 15.2. The number of hydrogen-bond acceptors (Lipinski definition) is 6. The number of thioether (sulfide) groups is 1. The number of anilines is 2. The molecule has 1 aromatic heterocycles. The lowest BCUT2D eigenvalue weighted by Gasteiger charge is -2.17. The Kier molecular flexibility index (Phi) is 9.78. The number of aryl methyl sites for hydroxylation is 1. The van der Waals surface area contributed by atoms with Crippen molar-refractivity contribution in [2.24, 2.45) is 0 Å². The summed E-state index contributed by atoms with van der Waals surface area (Å²) in [5.41, 5.74) is 3.67. The highest BCUT2D eigenvalue weighted by Gasteiger charge is 2.23. The van der Waals surface area contributed by atoms with Crippen molar-refractivity contribution in [3.63, 3.8) is 0 Å². The highest BCUT2D eigenvalue weighted by atomic mass is 32.2. The molecule has 0 radical (unpaired) electrons. The summed E-state index contributed by atoms with van der Waals surface area (Å²) in [6.07, 6.45) is 3.31. The molecule has 0 aliphatic rings. The quantitative estimate of drug-likeness (QED) is 0.114. The second kappa shape index (κ2) is 14.3. The second-order valence-electron chi connectivity index (χ2n) is 9.45. The normalized spacial score (nSPS) is 11.8. The highest BCUT2D eigenvalue weighted by Crippen LogP contribution is 2.37. The predicted octanol–water partition coefficient (Wildman–Crippen LogP) is 7.33. The average molecular weight is 605 g/mol.